The number of nitrogens with zero attached hydrogens (tertiary/aromatic N) is 1. The Bertz CT molecular complexity index is 1730. The Hall–Kier alpha value is -4.31. The molecule has 0 aromatic heterocycles. The van der Waals surface area contributed by atoms with Crippen molar-refractivity contribution in [2.24, 2.45) is 0 Å². The van der Waals surface area contributed by atoms with Gasteiger partial charge in [-0.25, -0.2) is 0 Å². The lowest BCUT2D eigenvalue weighted by atomic mass is 10.0. The van der Waals surface area contributed by atoms with Crippen LogP contribution < -0.4 is 5.11 Å². The van der Waals surface area contributed by atoms with Gasteiger partial charge < -0.3 is 33.3 Å². The van der Waals surface area contributed by atoms with Crippen molar-refractivity contribution in [3.63, 3.8) is 0 Å². The highest BCUT2D eigenvalue weighted by atomic mass is 16.7. The van der Waals surface area contributed by atoms with Crippen LogP contribution in [0.5, 0.6) is 0 Å². The molecule has 0 bridgehead atoms. The highest BCUT2D eigenvalue weighted by Crippen LogP contribution is 2.16. The molecule has 0 fully saturated rings. The average Bonchev–Trinajstić information content (AvgIpc) is 3.43. The molecule has 0 aromatic carbocycles. The van der Waals surface area contributed by atoms with Crippen LogP contribution in [0.25, 0.3) is 0 Å². The Morgan fingerprint density at radius 3 is 1.06 bits per heavy atom. The number of carbonyl (C=O) groups excluding carboxylic acids is 3. The number of esters is 2. The molecule has 2 atom stereocenters. The number of hydrogen-bond acceptors (Lipinski definition) is 8. The van der Waals surface area contributed by atoms with Gasteiger partial charge in [0.2, 0.25) is 0 Å². The van der Waals surface area contributed by atoms with E-state index >= 15 is 0 Å². The number of carboxylic acid groups (broad SMARTS) is 1. The third-order valence-electron chi connectivity index (χ3n) is 13.5. The predicted octanol–water partition coefficient (Wildman–Crippen LogP) is 18.3. The van der Waals surface area contributed by atoms with E-state index in [0.29, 0.717) is 17.4 Å². The number of likely N-dealkylation sites (N-methyl/N-ethyl adjacent to an activating group) is 1. The van der Waals surface area contributed by atoms with E-state index in [0.717, 1.165) is 96.3 Å². The Morgan fingerprint density at radius 2 is 0.713 bits per heavy atom. The molecule has 0 saturated carbocycles. The summed E-state index contributed by atoms with van der Waals surface area (Å²) in [5.41, 5.74) is 0. The molecule has 0 heterocycles. The minimum absolute atomic E-state index is 0.134. The van der Waals surface area contributed by atoms with Crippen molar-refractivity contribution in [1.29, 1.82) is 0 Å². The highest BCUT2D eigenvalue weighted by Gasteiger charge is 2.22. The summed E-state index contributed by atoms with van der Waals surface area (Å²) in [6.45, 7) is 4.59. The van der Waals surface area contributed by atoms with Gasteiger partial charge in [-0.15, -0.1) is 0 Å². The van der Waals surface area contributed by atoms with Gasteiger partial charge in [-0.05, 0) is 89.9 Å². The van der Waals surface area contributed by atoms with Gasteiger partial charge in [0.15, 0.2) is 12.4 Å². The smallest absolute Gasteiger partial charge is 0.306 e. The molecule has 0 radical (unpaired) electrons. The van der Waals surface area contributed by atoms with E-state index in [1.165, 1.54) is 122 Å². The van der Waals surface area contributed by atoms with Gasteiger partial charge in [0.05, 0.1) is 40.3 Å². The van der Waals surface area contributed by atoms with Crippen molar-refractivity contribution >= 4 is 17.9 Å². The van der Waals surface area contributed by atoms with Gasteiger partial charge in [0.25, 0.3) is 0 Å². The first-order chi connectivity index (χ1) is 39.1. The molecule has 0 aromatic rings. The molecular weight excluding hydrogens is 995 g/mol. The van der Waals surface area contributed by atoms with Gasteiger partial charge in [-0.3, -0.25) is 9.59 Å². The molecular formula is C71H119NO8. The maximum absolute atomic E-state index is 12.9. The second-order valence-corrected chi connectivity index (χ2v) is 22.3. The van der Waals surface area contributed by atoms with Gasteiger partial charge in [0.1, 0.15) is 13.2 Å². The number of carboxylic acids is 1. The van der Waals surface area contributed by atoms with Crippen molar-refractivity contribution < 1.29 is 42.9 Å². The van der Waals surface area contributed by atoms with Crippen LogP contribution in [0, 0.1) is 0 Å². The molecule has 0 aliphatic heterocycles. The lowest BCUT2D eigenvalue weighted by Crippen LogP contribution is -2.44. The fourth-order valence-electron chi connectivity index (χ4n) is 8.56. The highest BCUT2D eigenvalue weighted by molar-refractivity contribution is 5.70. The van der Waals surface area contributed by atoms with E-state index in [1.54, 1.807) is 0 Å². The molecule has 0 aliphatic carbocycles. The molecule has 2 unspecified atom stereocenters. The minimum Gasteiger partial charge on any atom is -0.545 e. The number of allylic oxidation sites excluding steroid dienone is 20. The molecule has 9 nitrogen and oxygen atoms in total. The number of rotatable bonds is 58. The molecule has 9 heteroatoms. The summed E-state index contributed by atoms with van der Waals surface area (Å²) in [6, 6.07) is 0. The van der Waals surface area contributed by atoms with Crippen LogP contribution >= 0.6 is 0 Å². The topological polar surface area (TPSA) is 111 Å². The number of ether oxygens (including phenoxy) is 4. The minimum atomic E-state index is -1.64. The first kappa shape index (κ1) is 75.7. The summed E-state index contributed by atoms with van der Waals surface area (Å²) in [4.78, 5) is 37.4. The summed E-state index contributed by atoms with van der Waals surface area (Å²) in [5, 5.41) is 11.8. The van der Waals surface area contributed by atoms with Gasteiger partial charge in [-0.1, -0.05) is 270 Å². The van der Waals surface area contributed by atoms with Crippen LogP contribution in [0.15, 0.2) is 122 Å². The molecule has 0 aliphatic rings. The second kappa shape index (κ2) is 60.8. The summed E-state index contributed by atoms with van der Waals surface area (Å²) < 4.78 is 22.7. The fraction of sp³-hybridized carbons (Fsp3) is 0.676. The monoisotopic (exact) mass is 1110 g/mol. The quantitative estimate of drug-likeness (QED) is 0.0195. The number of carbonyl (C=O) groups is 3. The molecule has 0 amide bonds. The van der Waals surface area contributed by atoms with Crippen molar-refractivity contribution in [1.82, 2.24) is 0 Å². The third kappa shape index (κ3) is 61.3. The Labute approximate surface area is 491 Å². The van der Waals surface area contributed by atoms with Crippen LogP contribution in [-0.4, -0.2) is 82.3 Å². The summed E-state index contributed by atoms with van der Waals surface area (Å²) in [7, 11) is 5.90. The number of quaternary nitrogens is 1. The first-order valence-corrected chi connectivity index (χ1v) is 32.2. The second-order valence-electron chi connectivity index (χ2n) is 22.3. The average molecular weight is 1110 g/mol. The van der Waals surface area contributed by atoms with E-state index in [4.69, 9.17) is 18.9 Å². The van der Waals surface area contributed by atoms with Gasteiger partial charge in [-0.2, -0.15) is 0 Å². The lowest BCUT2D eigenvalue weighted by Gasteiger charge is -2.26. The Morgan fingerprint density at radius 1 is 0.388 bits per heavy atom. The van der Waals surface area contributed by atoms with Crippen LogP contribution in [0.4, 0.5) is 0 Å². The van der Waals surface area contributed by atoms with E-state index < -0.39 is 24.3 Å². The van der Waals surface area contributed by atoms with E-state index in [-0.39, 0.29) is 38.6 Å². The molecule has 0 rings (SSSR count). The third-order valence-corrected chi connectivity index (χ3v) is 13.5. The fourth-order valence-corrected chi connectivity index (χ4v) is 8.56. The van der Waals surface area contributed by atoms with Crippen molar-refractivity contribution in [2.75, 3.05) is 47.5 Å². The standard InChI is InChI=1S/C71H119NO8/c1-6-8-10-12-14-16-18-20-22-24-26-28-30-31-32-33-34-35-36-37-38-39-40-42-44-46-48-50-52-54-56-58-60-62-69(74)80-67(66-79-71(70(75)76)77-64-63-72(3,4)5)65-78-68(73)61-59-57-55-53-51-49-47-45-43-41-29-27-25-23-21-19-17-15-13-11-9-7-2/h8,10,14,16,20,22,26,28,31-32,34-35,37-38,40,42,46,48,52,54,67,71H,6-7,9,11-13,15,17-19,21,23-25,27,29-30,33,36,39,41,43-45,47,49-51,53,55-66H2,1-5H3/b10-8-,16-14-,22-20-,28-26-,32-31-,35-34-,38-37-,42-40-,48-46-,54-52-. The zero-order chi connectivity index (χ0) is 58.3. The number of aliphatic carboxylic acids is 1. The Balaban J connectivity index is 4.31. The molecule has 0 N–H and O–H groups in total. The molecule has 456 valence electrons. The lowest BCUT2D eigenvalue weighted by molar-refractivity contribution is -0.870. The first-order valence-electron chi connectivity index (χ1n) is 32.2. The van der Waals surface area contributed by atoms with Crippen molar-refractivity contribution in [3.8, 4) is 0 Å². The van der Waals surface area contributed by atoms with Crippen LogP contribution in [0.2, 0.25) is 0 Å². The van der Waals surface area contributed by atoms with E-state index in [9.17, 15) is 19.5 Å². The zero-order valence-electron chi connectivity index (χ0n) is 51.9. The zero-order valence-corrected chi connectivity index (χ0v) is 51.9. The number of hydrogen-bond donors (Lipinski definition) is 0. The van der Waals surface area contributed by atoms with Crippen LogP contribution in [0.3, 0.4) is 0 Å². The SMILES string of the molecule is CC/C=C\C/C=C\C/C=C\C/C=C\C/C=C\C/C=C\C/C=C\C/C=C\C/C=C\C/C=C\CCCCC(=O)OC(COC(=O)CCCCCCCCCCCCCCCCCCCCCCCC)COC(OCC[N+](C)(C)C)C(=O)[O-]. The largest absolute Gasteiger partial charge is 0.545 e. The predicted molar refractivity (Wildman–Crippen MR) is 338 cm³/mol. The van der Waals surface area contributed by atoms with Crippen LogP contribution in [-0.2, 0) is 33.3 Å². The normalized spacial score (nSPS) is 13.6. The van der Waals surface area contributed by atoms with Gasteiger partial charge >= 0.3 is 11.9 Å². The number of unbranched alkanes of at least 4 members (excludes halogenated alkanes) is 23. The maximum atomic E-state index is 12.9. The van der Waals surface area contributed by atoms with Crippen molar-refractivity contribution in [3.05, 3.63) is 122 Å². The van der Waals surface area contributed by atoms with E-state index in [1.807, 2.05) is 21.1 Å². The Kier molecular flexibility index (Phi) is 57.5. The van der Waals surface area contributed by atoms with Gasteiger partial charge in [0, 0.05) is 12.8 Å². The van der Waals surface area contributed by atoms with Crippen molar-refractivity contribution in [2.45, 2.75) is 264 Å². The molecule has 80 heavy (non-hydrogen) atoms. The molecule has 0 spiro atoms. The van der Waals surface area contributed by atoms with E-state index in [2.05, 4.69) is 135 Å². The van der Waals surface area contributed by atoms with Crippen LogP contribution in [0.1, 0.15) is 251 Å². The summed E-state index contributed by atoms with van der Waals surface area (Å²) in [5.74, 6) is -2.35. The summed E-state index contributed by atoms with van der Waals surface area (Å²) >= 11 is 0. The maximum Gasteiger partial charge on any atom is 0.306 e. The molecule has 0 saturated heterocycles. The summed E-state index contributed by atoms with van der Waals surface area (Å²) in [6.07, 6.45) is 82.7.